The quantitative estimate of drug-likeness (QED) is 0.812. The molecule has 0 aliphatic rings. The molecule has 0 aliphatic carbocycles. The second kappa shape index (κ2) is 7.29. The summed E-state index contributed by atoms with van der Waals surface area (Å²) in [5.74, 6) is 0.130. The van der Waals surface area contributed by atoms with Gasteiger partial charge in [0, 0.05) is 12.0 Å². The van der Waals surface area contributed by atoms with Gasteiger partial charge in [0.15, 0.2) is 0 Å². The molecule has 4 heteroatoms. The fraction of sp³-hybridized carbons (Fsp3) is 0.250. The van der Waals surface area contributed by atoms with Crippen molar-refractivity contribution in [1.29, 1.82) is 0 Å². The van der Waals surface area contributed by atoms with Crippen molar-refractivity contribution in [3.8, 4) is 5.75 Å². The Bertz CT molecular complexity index is 545. The second-order valence-corrected chi connectivity index (χ2v) is 4.85. The molecule has 0 unspecified atom stereocenters. The van der Waals surface area contributed by atoms with Crippen LogP contribution in [-0.2, 0) is 6.42 Å². The second-order valence-electron chi connectivity index (χ2n) is 4.85. The molecule has 3 nitrogen and oxygen atoms in total. The lowest BCUT2D eigenvalue weighted by atomic mass is 9.95. The van der Waals surface area contributed by atoms with E-state index in [4.69, 9.17) is 5.73 Å². The molecular weight excluding hydrogens is 274 g/mol. The summed E-state index contributed by atoms with van der Waals surface area (Å²) in [6, 6.07) is 14.3. The summed E-state index contributed by atoms with van der Waals surface area (Å²) >= 11 is 0. The van der Waals surface area contributed by atoms with E-state index < -0.39 is 12.1 Å². The summed E-state index contributed by atoms with van der Waals surface area (Å²) < 4.78 is 0. The lowest BCUT2D eigenvalue weighted by molar-refractivity contribution is 0.143. The molecule has 0 fully saturated rings. The smallest absolute Gasteiger partial charge is 0.120 e. The van der Waals surface area contributed by atoms with Crippen LogP contribution in [0.4, 0.5) is 0 Å². The maximum atomic E-state index is 10.2. The third kappa shape index (κ3) is 3.97. The average Bonchev–Trinajstić information content (AvgIpc) is 2.42. The van der Waals surface area contributed by atoms with E-state index in [2.05, 4.69) is 0 Å². The third-order valence-corrected chi connectivity index (χ3v) is 3.24. The first-order valence-corrected chi connectivity index (χ1v) is 6.35. The molecule has 0 saturated heterocycles. The van der Waals surface area contributed by atoms with E-state index in [1.165, 1.54) is 0 Å². The number of benzene rings is 2. The standard InChI is InChI=1S/C16H19NO2.ClH/c1-11-7-8-14(18)13(9-11)16(17)15(19)10-12-5-3-2-4-6-12;/h2-9,15-16,18-19H,10,17H2,1H3;1H/t15-,16+;/m1./s1. The van der Waals surface area contributed by atoms with E-state index in [1.807, 2.05) is 49.4 Å². The van der Waals surface area contributed by atoms with Crippen molar-refractivity contribution < 1.29 is 10.2 Å². The minimum Gasteiger partial charge on any atom is -0.508 e. The summed E-state index contributed by atoms with van der Waals surface area (Å²) in [7, 11) is 0. The minimum absolute atomic E-state index is 0. The summed E-state index contributed by atoms with van der Waals surface area (Å²) in [6.45, 7) is 1.93. The van der Waals surface area contributed by atoms with Gasteiger partial charge in [-0.3, -0.25) is 0 Å². The number of aromatic hydroxyl groups is 1. The molecule has 0 aliphatic heterocycles. The van der Waals surface area contributed by atoms with E-state index in [1.54, 1.807) is 6.07 Å². The first-order chi connectivity index (χ1) is 9.08. The summed E-state index contributed by atoms with van der Waals surface area (Å²) in [6.07, 6.45) is -0.259. The summed E-state index contributed by atoms with van der Waals surface area (Å²) in [5, 5.41) is 20.0. The highest BCUT2D eigenvalue weighted by atomic mass is 35.5. The molecule has 0 amide bonds. The highest BCUT2D eigenvalue weighted by Crippen LogP contribution is 2.27. The molecular formula is C16H20ClNO2. The van der Waals surface area contributed by atoms with Crippen LogP contribution in [0, 0.1) is 6.92 Å². The zero-order valence-corrected chi connectivity index (χ0v) is 12.2. The van der Waals surface area contributed by atoms with Gasteiger partial charge in [-0.05, 0) is 18.6 Å². The Kier molecular flexibility index (Phi) is 6.02. The predicted octanol–water partition coefficient (Wildman–Crippen LogP) is 2.73. The van der Waals surface area contributed by atoms with Gasteiger partial charge in [0.25, 0.3) is 0 Å². The number of aliphatic hydroxyl groups excluding tert-OH is 1. The number of hydrogen-bond acceptors (Lipinski definition) is 3. The Morgan fingerprint density at radius 2 is 1.75 bits per heavy atom. The van der Waals surface area contributed by atoms with Gasteiger partial charge in [0.2, 0.25) is 0 Å². The molecule has 0 radical (unpaired) electrons. The molecule has 0 bridgehead atoms. The van der Waals surface area contributed by atoms with E-state index in [0.717, 1.165) is 11.1 Å². The number of rotatable bonds is 4. The van der Waals surface area contributed by atoms with Gasteiger partial charge < -0.3 is 15.9 Å². The van der Waals surface area contributed by atoms with Crippen LogP contribution in [0.2, 0.25) is 0 Å². The number of aliphatic hydroxyl groups is 1. The molecule has 4 N–H and O–H groups in total. The molecule has 2 atom stereocenters. The van der Waals surface area contributed by atoms with Crippen LogP contribution in [0.5, 0.6) is 5.75 Å². The van der Waals surface area contributed by atoms with Crippen molar-refractivity contribution in [3.05, 3.63) is 65.2 Å². The van der Waals surface area contributed by atoms with Gasteiger partial charge in [-0.25, -0.2) is 0 Å². The van der Waals surface area contributed by atoms with Crippen LogP contribution in [0.1, 0.15) is 22.7 Å². The molecule has 108 valence electrons. The molecule has 20 heavy (non-hydrogen) atoms. The summed E-state index contributed by atoms with van der Waals surface area (Å²) in [5.41, 5.74) is 8.67. The fourth-order valence-corrected chi connectivity index (χ4v) is 2.13. The average molecular weight is 294 g/mol. The number of hydrogen-bond donors (Lipinski definition) is 3. The molecule has 0 aromatic heterocycles. The zero-order chi connectivity index (χ0) is 13.8. The van der Waals surface area contributed by atoms with Gasteiger partial charge in [-0.15, -0.1) is 12.4 Å². The summed E-state index contributed by atoms with van der Waals surface area (Å²) in [4.78, 5) is 0. The van der Waals surface area contributed by atoms with E-state index in [-0.39, 0.29) is 18.2 Å². The first kappa shape index (κ1) is 16.5. The third-order valence-electron chi connectivity index (χ3n) is 3.24. The molecule has 0 spiro atoms. The number of aryl methyl sites for hydroxylation is 1. The number of phenols is 1. The highest BCUT2D eigenvalue weighted by Gasteiger charge is 2.20. The Morgan fingerprint density at radius 3 is 2.40 bits per heavy atom. The number of phenolic OH excluding ortho intramolecular Hbond substituents is 1. The van der Waals surface area contributed by atoms with Crippen molar-refractivity contribution in [3.63, 3.8) is 0 Å². The Labute approximate surface area is 125 Å². The normalized spacial score (nSPS) is 13.3. The van der Waals surface area contributed by atoms with Gasteiger partial charge >= 0.3 is 0 Å². The molecule has 0 heterocycles. The van der Waals surface area contributed by atoms with Crippen LogP contribution in [-0.4, -0.2) is 16.3 Å². The van der Waals surface area contributed by atoms with Gasteiger partial charge in [0.1, 0.15) is 5.75 Å². The first-order valence-electron chi connectivity index (χ1n) is 6.35. The fourth-order valence-electron chi connectivity index (χ4n) is 2.13. The number of halogens is 1. The van der Waals surface area contributed by atoms with Gasteiger partial charge in [-0.2, -0.15) is 0 Å². The van der Waals surface area contributed by atoms with E-state index in [0.29, 0.717) is 12.0 Å². The maximum Gasteiger partial charge on any atom is 0.120 e. The van der Waals surface area contributed by atoms with Crippen molar-refractivity contribution in [2.24, 2.45) is 5.73 Å². The van der Waals surface area contributed by atoms with Crippen LogP contribution >= 0.6 is 12.4 Å². The minimum atomic E-state index is -0.727. The number of nitrogens with two attached hydrogens (primary N) is 1. The largest absolute Gasteiger partial charge is 0.508 e. The Balaban J connectivity index is 0.00000200. The van der Waals surface area contributed by atoms with Crippen molar-refractivity contribution in [2.45, 2.75) is 25.5 Å². The van der Waals surface area contributed by atoms with Crippen LogP contribution in [0.15, 0.2) is 48.5 Å². The highest BCUT2D eigenvalue weighted by molar-refractivity contribution is 5.85. The van der Waals surface area contributed by atoms with Gasteiger partial charge in [-0.1, -0.05) is 48.0 Å². The van der Waals surface area contributed by atoms with Crippen molar-refractivity contribution in [1.82, 2.24) is 0 Å². The van der Waals surface area contributed by atoms with E-state index in [9.17, 15) is 10.2 Å². The SMILES string of the molecule is Cc1ccc(O)c([C@H](N)[C@H](O)Cc2ccccc2)c1.Cl. The van der Waals surface area contributed by atoms with Crippen LogP contribution in [0.3, 0.4) is 0 Å². The van der Waals surface area contributed by atoms with Crippen molar-refractivity contribution in [2.75, 3.05) is 0 Å². The molecule has 2 rings (SSSR count). The monoisotopic (exact) mass is 293 g/mol. The lowest BCUT2D eigenvalue weighted by Gasteiger charge is -2.20. The maximum absolute atomic E-state index is 10.2. The molecule has 0 saturated carbocycles. The van der Waals surface area contributed by atoms with Crippen LogP contribution in [0.25, 0.3) is 0 Å². The molecule has 2 aromatic rings. The van der Waals surface area contributed by atoms with Crippen molar-refractivity contribution >= 4 is 12.4 Å². The van der Waals surface area contributed by atoms with Gasteiger partial charge in [0.05, 0.1) is 12.1 Å². The Morgan fingerprint density at radius 1 is 1.10 bits per heavy atom. The van der Waals surface area contributed by atoms with E-state index >= 15 is 0 Å². The van der Waals surface area contributed by atoms with Crippen LogP contribution < -0.4 is 5.73 Å². The zero-order valence-electron chi connectivity index (χ0n) is 11.4. The topological polar surface area (TPSA) is 66.5 Å². The molecule has 2 aromatic carbocycles. The predicted molar refractivity (Wildman–Crippen MR) is 83.2 cm³/mol. The lowest BCUT2D eigenvalue weighted by Crippen LogP contribution is -2.28. The Hall–Kier alpha value is -1.55.